The molecule has 1 heterocycles. The molecule has 5 nitrogen and oxygen atoms in total. The first-order valence-corrected chi connectivity index (χ1v) is 8.98. The van der Waals surface area contributed by atoms with E-state index in [1.54, 1.807) is 11.4 Å². The first kappa shape index (κ1) is 15.0. The normalized spacial score (nSPS) is 19.1. The van der Waals surface area contributed by atoms with E-state index in [2.05, 4.69) is 5.32 Å². The first-order chi connectivity index (χ1) is 10.1. The molecule has 0 spiro atoms. The lowest BCUT2D eigenvalue weighted by molar-refractivity contribution is 0.364. The molecule has 3 rings (SSSR count). The van der Waals surface area contributed by atoms with Crippen molar-refractivity contribution in [1.82, 2.24) is 13.9 Å². The van der Waals surface area contributed by atoms with E-state index in [4.69, 9.17) is 0 Å². The molecule has 1 saturated carbocycles. The first-order valence-electron chi connectivity index (χ1n) is 7.59. The van der Waals surface area contributed by atoms with Crippen LogP contribution in [-0.2, 0) is 23.3 Å². The Morgan fingerprint density at radius 2 is 1.86 bits per heavy atom. The summed E-state index contributed by atoms with van der Waals surface area (Å²) in [5, 5.41) is 3.41. The van der Waals surface area contributed by atoms with Gasteiger partial charge in [-0.3, -0.25) is 0 Å². The van der Waals surface area contributed by atoms with Gasteiger partial charge in [-0.05, 0) is 36.9 Å². The van der Waals surface area contributed by atoms with E-state index >= 15 is 0 Å². The molecule has 116 valence electrons. The minimum absolute atomic E-state index is 0.489. The van der Waals surface area contributed by atoms with E-state index in [1.807, 2.05) is 24.3 Å². The maximum atomic E-state index is 12.6. The molecule has 0 amide bonds. The van der Waals surface area contributed by atoms with Crippen LogP contribution >= 0.6 is 0 Å². The summed E-state index contributed by atoms with van der Waals surface area (Å²) in [6.45, 7) is 2.44. The summed E-state index contributed by atoms with van der Waals surface area (Å²) >= 11 is 0. The van der Waals surface area contributed by atoms with Crippen molar-refractivity contribution in [2.75, 3.05) is 20.1 Å². The van der Waals surface area contributed by atoms with E-state index in [9.17, 15) is 8.42 Å². The smallest absolute Gasteiger partial charge is 0.282 e. The van der Waals surface area contributed by atoms with Crippen LogP contribution in [0.25, 0.3) is 0 Å². The monoisotopic (exact) mass is 309 g/mol. The lowest BCUT2D eigenvalue weighted by Gasteiger charge is -2.23. The third kappa shape index (κ3) is 3.45. The van der Waals surface area contributed by atoms with Crippen molar-refractivity contribution in [3.8, 4) is 0 Å². The number of fused-ring (bicyclic) bond motifs is 1. The Hall–Kier alpha value is -0.950. The molecular formula is C15H23N3O2S. The SMILES string of the molecule is CN(CCCNC1CC1)S(=O)(=O)N1Cc2ccccc2C1. The minimum Gasteiger partial charge on any atom is -0.314 e. The lowest BCUT2D eigenvalue weighted by Crippen LogP contribution is -2.40. The summed E-state index contributed by atoms with van der Waals surface area (Å²) in [5.74, 6) is 0. The Kier molecular flexibility index (Phi) is 4.31. The highest BCUT2D eigenvalue weighted by Crippen LogP contribution is 2.26. The standard InChI is InChI=1S/C15H23N3O2S/c1-17(10-4-9-16-15-7-8-15)21(19,20)18-11-13-5-2-3-6-14(13)12-18/h2-3,5-6,15-16H,4,7-12H2,1H3. The van der Waals surface area contributed by atoms with Gasteiger partial charge in [0.1, 0.15) is 0 Å². The Balaban J connectivity index is 1.53. The Bertz CT molecular complexity index is 574. The van der Waals surface area contributed by atoms with E-state index in [-0.39, 0.29) is 0 Å². The maximum Gasteiger partial charge on any atom is 0.282 e. The van der Waals surface area contributed by atoms with Crippen LogP contribution in [0.4, 0.5) is 0 Å². The number of nitrogens with zero attached hydrogens (tertiary/aromatic N) is 2. The van der Waals surface area contributed by atoms with Gasteiger partial charge >= 0.3 is 0 Å². The van der Waals surface area contributed by atoms with Gasteiger partial charge in [0.2, 0.25) is 0 Å². The van der Waals surface area contributed by atoms with E-state index in [1.165, 1.54) is 17.1 Å². The van der Waals surface area contributed by atoms with Crippen LogP contribution in [-0.4, -0.2) is 43.2 Å². The zero-order valence-corrected chi connectivity index (χ0v) is 13.3. The summed E-state index contributed by atoms with van der Waals surface area (Å²) in [6, 6.07) is 8.61. The van der Waals surface area contributed by atoms with Crippen molar-refractivity contribution in [3.63, 3.8) is 0 Å². The van der Waals surface area contributed by atoms with Crippen molar-refractivity contribution < 1.29 is 8.42 Å². The van der Waals surface area contributed by atoms with Crippen LogP contribution in [0, 0.1) is 0 Å². The van der Waals surface area contributed by atoms with Crippen LogP contribution in [0.2, 0.25) is 0 Å². The van der Waals surface area contributed by atoms with Gasteiger partial charge in [0.05, 0.1) is 0 Å². The lowest BCUT2D eigenvalue weighted by atomic mass is 10.1. The molecule has 1 fully saturated rings. The molecule has 0 bridgehead atoms. The van der Waals surface area contributed by atoms with E-state index < -0.39 is 10.2 Å². The van der Waals surface area contributed by atoms with Gasteiger partial charge < -0.3 is 5.32 Å². The van der Waals surface area contributed by atoms with Gasteiger partial charge in [-0.15, -0.1) is 0 Å². The number of hydrogen-bond donors (Lipinski definition) is 1. The highest BCUT2D eigenvalue weighted by molar-refractivity contribution is 7.86. The van der Waals surface area contributed by atoms with Crippen molar-refractivity contribution in [2.45, 2.75) is 38.4 Å². The molecule has 1 aromatic carbocycles. The summed E-state index contributed by atoms with van der Waals surface area (Å²) in [5.41, 5.74) is 2.23. The van der Waals surface area contributed by atoms with Gasteiger partial charge in [-0.25, -0.2) is 0 Å². The second kappa shape index (κ2) is 6.04. The highest BCUT2D eigenvalue weighted by atomic mass is 32.2. The molecule has 1 aliphatic carbocycles. The zero-order valence-electron chi connectivity index (χ0n) is 12.5. The topological polar surface area (TPSA) is 52.7 Å². The molecule has 6 heteroatoms. The van der Waals surface area contributed by atoms with Gasteiger partial charge in [-0.1, -0.05) is 24.3 Å². The Morgan fingerprint density at radius 1 is 1.24 bits per heavy atom. The van der Waals surface area contributed by atoms with Crippen LogP contribution in [0.5, 0.6) is 0 Å². The molecule has 0 unspecified atom stereocenters. The number of nitrogens with one attached hydrogen (secondary N) is 1. The Morgan fingerprint density at radius 3 is 2.43 bits per heavy atom. The summed E-state index contributed by atoms with van der Waals surface area (Å²) < 4.78 is 28.2. The average molecular weight is 309 g/mol. The number of hydrogen-bond acceptors (Lipinski definition) is 3. The molecule has 0 atom stereocenters. The maximum absolute atomic E-state index is 12.6. The van der Waals surface area contributed by atoms with E-state index in [0.29, 0.717) is 25.7 Å². The molecule has 0 radical (unpaired) electrons. The summed E-state index contributed by atoms with van der Waals surface area (Å²) in [7, 11) is -1.68. The molecule has 1 aromatic rings. The number of rotatable bonds is 7. The fourth-order valence-corrected chi connectivity index (χ4v) is 4.03. The minimum atomic E-state index is -3.35. The fourth-order valence-electron chi connectivity index (χ4n) is 2.67. The van der Waals surface area contributed by atoms with Crippen molar-refractivity contribution in [3.05, 3.63) is 35.4 Å². The molecule has 0 saturated heterocycles. The summed E-state index contributed by atoms with van der Waals surface area (Å²) in [4.78, 5) is 0. The third-order valence-electron chi connectivity index (χ3n) is 4.19. The van der Waals surface area contributed by atoms with Crippen LogP contribution in [0.15, 0.2) is 24.3 Å². The second-order valence-electron chi connectivity index (χ2n) is 5.95. The van der Waals surface area contributed by atoms with Crippen molar-refractivity contribution in [2.24, 2.45) is 0 Å². The fraction of sp³-hybridized carbons (Fsp3) is 0.600. The largest absolute Gasteiger partial charge is 0.314 e. The Labute approximate surface area is 127 Å². The second-order valence-corrected chi connectivity index (χ2v) is 7.98. The third-order valence-corrected chi connectivity index (χ3v) is 6.07. The van der Waals surface area contributed by atoms with Crippen LogP contribution in [0.3, 0.4) is 0 Å². The predicted molar refractivity (Wildman–Crippen MR) is 82.9 cm³/mol. The molecular weight excluding hydrogens is 286 g/mol. The van der Waals surface area contributed by atoms with Crippen molar-refractivity contribution in [1.29, 1.82) is 0 Å². The van der Waals surface area contributed by atoms with Gasteiger partial charge in [0.25, 0.3) is 10.2 Å². The predicted octanol–water partition coefficient (Wildman–Crippen LogP) is 1.32. The molecule has 1 aliphatic heterocycles. The average Bonchev–Trinajstić information content (AvgIpc) is 3.18. The quantitative estimate of drug-likeness (QED) is 0.773. The molecule has 2 aliphatic rings. The van der Waals surface area contributed by atoms with E-state index in [0.717, 1.165) is 24.1 Å². The highest BCUT2D eigenvalue weighted by Gasteiger charge is 2.31. The van der Waals surface area contributed by atoms with Crippen molar-refractivity contribution >= 4 is 10.2 Å². The van der Waals surface area contributed by atoms with Gasteiger partial charge in [0, 0.05) is 32.7 Å². The molecule has 0 aromatic heterocycles. The number of benzene rings is 1. The van der Waals surface area contributed by atoms with Crippen LogP contribution < -0.4 is 5.32 Å². The molecule has 21 heavy (non-hydrogen) atoms. The van der Waals surface area contributed by atoms with Gasteiger partial charge in [-0.2, -0.15) is 17.0 Å². The zero-order chi connectivity index (χ0) is 14.9. The molecule has 1 N–H and O–H groups in total. The van der Waals surface area contributed by atoms with Gasteiger partial charge in [0.15, 0.2) is 0 Å². The van der Waals surface area contributed by atoms with Crippen LogP contribution in [0.1, 0.15) is 30.4 Å². The summed E-state index contributed by atoms with van der Waals surface area (Å²) in [6.07, 6.45) is 3.38.